The lowest BCUT2D eigenvalue weighted by Crippen LogP contribution is -2.35. The van der Waals surface area contributed by atoms with Crippen LogP contribution < -0.4 is 11.4 Å². The molecule has 20 heteroatoms. The average molecular weight is 798 g/mol. The zero-order valence-corrected chi connectivity index (χ0v) is 29.1. The molecule has 276 valence electrons. The van der Waals surface area contributed by atoms with E-state index in [9.17, 15) is 33.6 Å². The standard InChI is InChI=1S/2C15H12Cl2N4O4.2CH4/c1-20-15(24)21(19-18-20)13-11(16)6-5-10(12(13)17)14(23)25-9-4-2-3-8(22)7-9;1-20-15(25)21(19-18-20)13-8(16)6-5-7(12(13)17)14(24)11-9(22)3-2-4-10(11)23;;/h5-7H,2-4H2,1H3;5-6,11H,2-4H2,1H3;2*1H4. The van der Waals surface area contributed by atoms with Crippen LogP contribution in [0.15, 0.2) is 45.7 Å². The summed E-state index contributed by atoms with van der Waals surface area (Å²) in [4.78, 5) is 84.7. The first-order valence-electron chi connectivity index (χ1n) is 14.7. The number of aromatic nitrogens is 8. The number of carbonyl (C=O) groups is 5. The van der Waals surface area contributed by atoms with E-state index < -0.39 is 40.6 Å². The minimum Gasteiger partial charge on any atom is -0.427 e. The van der Waals surface area contributed by atoms with Crippen LogP contribution in [0.2, 0.25) is 20.1 Å². The van der Waals surface area contributed by atoms with Crippen LogP contribution in [0.25, 0.3) is 11.4 Å². The van der Waals surface area contributed by atoms with Gasteiger partial charge in [-0.3, -0.25) is 19.2 Å². The molecule has 0 unspecified atom stereocenters. The van der Waals surface area contributed by atoms with E-state index in [2.05, 4.69) is 20.9 Å². The molecule has 2 heterocycles. The van der Waals surface area contributed by atoms with E-state index in [1.165, 1.54) is 44.4 Å². The van der Waals surface area contributed by atoms with Crippen molar-refractivity contribution in [3.63, 3.8) is 0 Å². The summed E-state index contributed by atoms with van der Waals surface area (Å²) < 4.78 is 8.95. The molecule has 16 nitrogen and oxygen atoms in total. The number of halogens is 4. The number of hydrogen-bond donors (Lipinski definition) is 0. The summed E-state index contributed by atoms with van der Waals surface area (Å²) in [5.74, 6) is -3.47. The maximum atomic E-state index is 12.7. The topological polar surface area (TPSA) is 200 Å². The zero-order chi connectivity index (χ0) is 36.4. The number of carbonyl (C=O) groups excluding carboxylic acids is 5. The van der Waals surface area contributed by atoms with Gasteiger partial charge in [-0.2, -0.15) is 18.7 Å². The van der Waals surface area contributed by atoms with Gasteiger partial charge in [0.05, 0.1) is 25.7 Å². The molecule has 0 amide bonds. The SMILES string of the molecule is C.C.Cn1nnn(-c2c(Cl)ccc(C(=O)C3C(=O)CCCC3=O)c2Cl)c1=O.Cn1nnn(-c2c(Cl)ccc(C(=O)OC3=CC(=O)CCC3)c2Cl)c1=O. The Balaban J connectivity index is 0.000000270. The summed E-state index contributed by atoms with van der Waals surface area (Å²) in [6.07, 6.45) is 3.62. The van der Waals surface area contributed by atoms with Gasteiger partial charge in [-0.25, -0.2) is 14.4 Å². The fraction of sp³-hybridized carbons (Fsp3) is 0.344. The summed E-state index contributed by atoms with van der Waals surface area (Å²) >= 11 is 24.7. The van der Waals surface area contributed by atoms with E-state index in [1.807, 2.05) is 0 Å². The molecule has 0 atom stereocenters. The molecule has 1 saturated carbocycles. The molecule has 0 saturated heterocycles. The minimum atomic E-state index is -1.36. The number of hydrogen-bond acceptors (Lipinski definition) is 12. The Morgan fingerprint density at radius 2 is 1.13 bits per heavy atom. The van der Waals surface area contributed by atoms with Crippen LogP contribution in [-0.2, 0) is 33.2 Å². The highest BCUT2D eigenvalue weighted by molar-refractivity contribution is 6.41. The maximum Gasteiger partial charge on any atom is 0.368 e. The van der Waals surface area contributed by atoms with Crippen LogP contribution >= 0.6 is 46.4 Å². The number of nitrogens with zero attached hydrogens (tertiary/aromatic N) is 8. The molecular weight excluding hydrogens is 766 g/mol. The minimum absolute atomic E-state index is 0. The third kappa shape index (κ3) is 8.30. The van der Waals surface area contributed by atoms with E-state index in [0.717, 1.165) is 18.7 Å². The summed E-state index contributed by atoms with van der Waals surface area (Å²) in [5.41, 5.74) is -1.24. The van der Waals surface area contributed by atoms with Crippen molar-refractivity contribution < 1.29 is 28.7 Å². The second kappa shape index (κ2) is 17.2. The number of esters is 1. The highest BCUT2D eigenvalue weighted by atomic mass is 35.5. The largest absolute Gasteiger partial charge is 0.427 e. The number of aryl methyl sites for hydroxylation is 2. The molecule has 0 spiro atoms. The number of Topliss-reactive ketones (excluding diaryl/α,β-unsaturated/α-hetero) is 3. The number of allylic oxidation sites excluding steroid dienone is 2. The van der Waals surface area contributed by atoms with Crippen LogP contribution in [-0.4, -0.2) is 68.7 Å². The molecule has 2 aromatic heterocycles. The second-order valence-corrected chi connectivity index (χ2v) is 12.6. The summed E-state index contributed by atoms with van der Waals surface area (Å²) in [5, 5.41) is 14.4. The fourth-order valence-corrected chi connectivity index (χ4v) is 6.33. The predicted octanol–water partition coefficient (Wildman–Crippen LogP) is 4.73. The number of ketones is 4. The Hall–Kier alpha value is -4.77. The second-order valence-electron chi connectivity index (χ2n) is 11.0. The lowest BCUT2D eigenvalue weighted by atomic mass is 9.81. The average Bonchev–Trinajstić information content (AvgIpc) is 3.56. The zero-order valence-electron chi connectivity index (χ0n) is 26.1. The van der Waals surface area contributed by atoms with Gasteiger partial charge in [-0.15, -0.1) is 0 Å². The molecule has 6 rings (SSSR count). The van der Waals surface area contributed by atoms with Gasteiger partial charge in [0.2, 0.25) is 0 Å². The number of rotatable bonds is 6. The van der Waals surface area contributed by atoms with E-state index in [4.69, 9.17) is 51.1 Å². The third-order valence-corrected chi connectivity index (χ3v) is 9.01. The quantitative estimate of drug-likeness (QED) is 0.148. The van der Waals surface area contributed by atoms with E-state index in [-0.39, 0.29) is 81.8 Å². The fourth-order valence-electron chi connectivity index (χ4n) is 5.09. The van der Waals surface area contributed by atoms with Crippen molar-refractivity contribution in [2.24, 2.45) is 20.0 Å². The van der Waals surface area contributed by atoms with Gasteiger partial charge in [-0.1, -0.05) is 61.3 Å². The Morgan fingerprint density at radius 1 is 0.673 bits per heavy atom. The molecule has 0 radical (unpaired) electrons. The molecule has 0 N–H and O–H groups in total. The smallest absolute Gasteiger partial charge is 0.368 e. The van der Waals surface area contributed by atoms with Crippen molar-refractivity contribution in [3.05, 3.63) is 88.3 Å². The monoisotopic (exact) mass is 796 g/mol. The first-order chi connectivity index (χ1) is 23.7. The van der Waals surface area contributed by atoms with Gasteiger partial charge in [0.1, 0.15) is 23.1 Å². The van der Waals surface area contributed by atoms with Gasteiger partial charge < -0.3 is 4.74 Å². The summed E-state index contributed by atoms with van der Waals surface area (Å²) in [6, 6.07) is 5.46. The number of benzene rings is 2. The normalized spacial score (nSPS) is 14.4. The maximum absolute atomic E-state index is 12.7. The van der Waals surface area contributed by atoms with Crippen LogP contribution in [0, 0.1) is 5.92 Å². The molecule has 0 bridgehead atoms. The lowest BCUT2D eigenvalue weighted by Gasteiger charge is -2.19. The van der Waals surface area contributed by atoms with Crippen molar-refractivity contribution in [1.29, 1.82) is 0 Å². The summed E-state index contributed by atoms with van der Waals surface area (Å²) in [7, 11) is 2.81. The van der Waals surface area contributed by atoms with E-state index in [0.29, 0.717) is 25.7 Å². The van der Waals surface area contributed by atoms with Crippen molar-refractivity contribution in [2.45, 2.75) is 53.4 Å². The van der Waals surface area contributed by atoms with Gasteiger partial charge in [0, 0.05) is 51.4 Å². The van der Waals surface area contributed by atoms with Gasteiger partial charge in [0.25, 0.3) is 0 Å². The number of ether oxygens (including phenoxy) is 1. The Morgan fingerprint density at radius 3 is 1.60 bits per heavy atom. The van der Waals surface area contributed by atoms with Gasteiger partial charge >= 0.3 is 17.3 Å². The number of tetrazole rings is 2. The first-order valence-corrected chi connectivity index (χ1v) is 16.2. The van der Waals surface area contributed by atoms with Gasteiger partial charge in [-0.05, 0) is 58.0 Å². The van der Waals surface area contributed by atoms with Crippen molar-refractivity contribution in [3.8, 4) is 11.4 Å². The Kier molecular flexibility index (Phi) is 13.7. The molecule has 0 aliphatic heterocycles. The molecule has 1 fully saturated rings. The Labute approximate surface area is 315 Å². The molecule has 2 aliphatic rings. The lowest BCUT2D eigenvalue weighted by molar-refractivity contribution is -0.133. The highest BCUT2D eigenvalue weighted by Gasteiger charge is 2.38. The highest BCUT2D eigenvalue weighted by Crippen LogP contribution is 2.34. The predicted molar refractivity (Wildman–Crippen MR) is 191 cm³/mol. The van der Waals surface area contributed by atoms with Crippen molar-refractivity contribution >= 4 is 75.5 Å². The van der Waals surface area contributed by atoms with Crippen molar-refractivity contribution in [1.82, 2.24) is 39.6 Å². The third-order valence-electron chi connectivity index (χ3n) is 7.63. The van der Waals surface area contributed by atoms with Crippen LogP contribution in [0.4, 0.5) is 0 Å². The van der Waals surface area contributed by atoms with Crippen LogP contribution in [0.3, 0.4) is 0 Å². The molecular formula is C32H32Cl4N8O8. The van der Waals surface area contributed by atoms with E-state index in [1.54, 1.807) is 0 Å². The molecule has 52 heavy (non-hydrogen) atoms. The van der Waals surface area contributed by atoms with Gasteiger partial charge in [0.15, 0.2) is 23.1 Å². The van der Waals surface area contributed by atoms with E-state index >= 15 is 0 Å². The first kappa shape index (κ1) is 41.6. The molecule has 4 aromatic rings. The van der Waals surface area contributed by atoms with Crippen LogP contribution in [0.1, 0.15) is 74.1 Å². The Bertz CT molecular complexity index is 2220. The molecule has 2 aromatic carbocycles. The summed E-state index contributed by atoms with van der Waals surface area (Å²) in [6.45, 7) is 0. The molecule has 2 aliphatic carbocycles. The van der Waals surface area contributed by atoms with Crippen LogP contribution in [0.5, 0.6) is 0 Å². The van der Waals surface area contributed by atoms with Crippen molar-refractivity contribution in [2.75, 3.05) is 0 Å².